The third-order valence-corrected chi connectivity index (χ3v) is 5.87. The molecule has 0 atom stereocenters. The SMILES string of the molecule is COc1ccc(OC)c(-c2coc3cc(OC)c(/C(C)=C/C(=O)NCc4c(F)cccc4F)cc23)c1. The van der Waals surface area contributed by atoms with Crippen molar-refractivity contribution in [2.75, 3.05) is 21.3 Å². The topological polar surface area (TPSA) is 69.9 Å². The highest BCUT2D eigenvalue weighted by Crippen LogP contribution is 2.41. The molecular weight excluding hydrogens is 468 g/mol. The van der Waals surface area contributed by atoms with Gasteiger partial charge < -0.3 is 23.9 Å². The molecule has 1 heterocycles. The second kappa shape index (κ2) is 10.5. The Bertz CT molecular complexity index is 1440. The molecule has 0 saturated carbocycles. The molecule has 0 radical (unpaired) electrons. The zero-order valence-electron chi connectivity index (χ0n) is 20.3. The van der Waals surface area contributed by atoms with Gasteiger partial charge in [-0.2, -0.15) is 0 Å². The van der Waals surface area contributed by atoms with Crippen LogP contribution in [0.25, 0.3) is 27.7 Å². The van der Waals surface area contributed by atoms with Crippen molar-refractivity contribution >= 4 is 22.4 Å². The van der Waals surface area contributed by atoms with E-state index in [0.29, 0.717) is 34.0 Å². The second-order valence-electron chi connectivity index (χ2n) is 8.01. The van der Waals surface area contributed by atoms with Crippen molar-refractivity contribution in [2.45, 2.75) is 13.5 Å². The molecule has 0 aliphatic carbocycles. The van der Waals surface area contributed by atoms with Crippen molar-refractivity contribution in [3.8, 4) is 28.4 Å². The van der Waals surface area contributed by atoms with Gasteiger partial charge in [0.1, 0.15) is 34.5 Å². The van der Waals surface area contributed by atoms with Crippen molar-refractivity contribution in [3.05, 3.63) is 83.6 Å². The maximum Gasteiger partial charge on any atom is 0.244 e. The Morgan fingerprint density at radius 2 is 1.67 bits per heavy atom. The van der Waals surface area contributed by atoms with Gasteiger partial charge in [0.25, 0.3) is 0 Å². The Labute approximate surface area is 207 Å². The molecule has 0 spiro atoms. The van der Waals surface area contributed by atoms with Crippen LogP contribution in [0.15, 0.2) is 65.3 Å². The summed E-state index contributed by atoms with van der Waals surface area (Å²) in [5.74, 6) is -0.134. The number of hydrogen-bond donors (Lipinski definition) is 1. The minimum Gasteiger partial charge on any atom is -0.497 e. The molecule has 8 heteroatoms. The number of amides is 1. The van der Waals surface area contributed by atoms with Gasteiger partial charge in [0.2, 0.25) is 5.91 Å². The van der Waals surface area contributed by atoms with Crippen molar-refractivity contribution in [2.24, 2.45) is 0 Å². The molecule has 1 N–H and O–H groups in total. The van der Waals surface area contributed by atoms with Crippen LogP contribution in [0.3, 0.4) is 0 Å². The van der Waals surface area contributed by atoms with Crippen LogP contribution in [0.5, 0.6) is 17.2 Å². The van der Waals surface area contributed by atoms with Crippen molar-refractivity contribution in [3.63, 3.8) is 0 Å². The van der Waals surface area contributed by atoms with Gasteiger partial charge >= 0.3 is 0 Å². The number of benzene rings is 3. The number of methoxy groups -OCH3 is 3. The Hall–Kier alpha value is -4.33. The summed E-state index contributed by atoms with van der Waals surface area (Å²) in [6, 6.07) is 12.6. The summed E-state index contributed by atoms with van der Waals surface area (Å²) in [5.41, 5.74) is 3.18. The average molecular weight is 494 g/mol. The van der Waals surface area contributed by atoms with Crippen LogP contribution < -0.4 is 19.5 Å². The predicted molar refractivity (Wildman–Crippen MR) is 133 cm³/mol. The average Bonchev–Trinajstić information content (AvgIpc) is 3.29. The summed E-state index contributed by atoms with van der Waals surface area (Å²) in [6.07, 6.45) is 2.98. The fraction of sp³-hybridized carbons (Fsp3) is 0.179. The second-order valence-corrected chi connectivity index (χ2v) is 8.01. The first kappa shape index (κ1) is 24.8. The van der Waals surface area contributed by atoms with Crippen LogP contribution in [0.2, 0.25) is 0 Å². The maximum atomic E-state index is 13.9. The van der Waals surface area contributed by atoms with E-state index in [2.05, 4.69) is 5.32 Å². The zero-order chi connectivity index (χ0) is 25.8. The van der Waals surface area contributed by atoms with Gasteiger partial charge in [-0.15, -0.1) is 0 Å². The molecule has 36 heavy (non-hydrogen) atoms. The standard InChI is InChI=1S/C28H25F2NO5/c1-16(10-28(32)31-14-21-23(29)6-5-7-24(21)30)18-12-20-22(15-36-27(20)13-26(18)35-4)19-11-17(33-2)8-9-25(19)34-3/h5-13,15H,14H2,1-4H3,(H,31,32)/b16-10+. The van der Waals surface area contributed by atoms with E-state index in [9.17, 15) is 13.6 Å². The highest BCUT2D eigenvalue weighted by Gasteiger charge is 2.18. The molecule has 0 unspecified atom stereocenters. The summed E-state index contributed by atoms with van der Waals surface area (Å²) in [7, 11) is 4.69. The highest BCUT2D eigenvalue weighted by atomic mass is 19.1. The molecule has 0 fully saturated rings. The number of furan rings is 1. The first-order valence-electron chi connectivity index (χ1n) is 11.1. The molecule has 1 amide bonds. The van der Waals surface area contributed by atoms with E-state index < -0.39 is 17.5 Å². The Balaban J connectivity index is 1.69. The van der Waals surface area contributed by atoms with E-state index in [-0.39, 0.29) is 12.1 Å². The van der Waals surface area contributed by atoms with E-state index in [1.807, 2.05) is 18.2 Å². The molecule has 4 rings (SSSR count). The molecule has 6 nitrogen and oxygen atoms in total. The van der Waals surface area contributed by atoms with Gasteiger partial charge in [-0.05, 0) is 48.9 Å². The number of carbonyl (C=O) groups excluding carboxylic acids is 1. The number of halogens is 2. The van der Waals surface area contributed by atoms with Gasteiger partial charge in [-0.3, -0.25) is 4.79 Å². The summed E-state index contributed by atoms with van der Waals surface area (Å²) in [6.45, 7) is 1.47. The van der Waals surface area contributed by atoms with E-state index in [0.717, 1.165) is 28.6 Å². The van der Waals surface area contributed by atoms with Crippen LogP contribution in [-0.2, 0) is 11.3 Å². The smallest absolute Gasteiger partial charge is 0.244 e. The predicted octanol–water partition coefficient (Wildman–Crippen LogP) is 6.12. The Kier molecular flexibility index (Phi) is 7.24. The zero-order valence-corrected chi connectivity index (χ0v) is 20.3. The molecular formula is C28H25F2NO5. The third-order valence-electron chi connectivity index (χ3n) is 5.87. The minimum atomic E-state index is -0.719. The van der Waals surface area contributed by atoms with Crippen LogP contribution in [0.4, 0.5) is 8.78 Å². The molecule has 0 bridgehead atoms. The number of carbonyl (C=O) groups is 1. The third kappa shape index (κ3) is 4.88. The van der Waals surface area contributed by atoms with Gasteiger partial charge in [-0.1, -0.05) is 6.07 Å². The first-order chi connectivity index (χ1) is 17.4. The van der Waals surface area contributed by atoms with Crippen molar-refractivity contribution in [1.82, 2.24) is 5.32 Å². The number of rotatable bonds is 8. The maximum absolute atomic E-state index is 13.9. The Morgan fingerprint density at radius 1 is 0.944 bits per heavy atom. The Morgan fingerprint density at radius 3 is 2.33 bits per heavy atom. The quantitative estimate of drug-likeness (QED) is 0.299. The molecule has 4 aromatic rings. The molecule has 186 valence electrons. The molecule has 0 saturated heterocycles. The van der Waals surface area contributed by atoms with Crippen LogP contribution in [-0.4, -0.2) is 27.2 Å². The van der Waals surface area contributed by atoms with Crippen molar-refractivity contribution < 1.29 is 32.2 Å². The monoisotopic (exact) mass is 493 g/mol. The van der Waals surface area contributed by atoms with E-state index in [1.54, 1.807) is 39.5 Å². The summed E-state index contributed by atoms with van der Waals surface area (Å²) in [5, 5.41) is 3.31. The summed E-state index contributed by atoms with van der Waals surface area (Å²) < 4.78 is 50.0. The van der Waals surface area contributed by atoms with Crippen LogP contribution >= 0.6 is 0 Å². The summed E-state index contributed by atoms with van der Waals surface area (Å²) >= 11 is 0. The lowest BCUT2D eigenvalue weighted by molar-refractivity contribution is -0.116. The fourth-order valence-electron chi connectivity index (χ4n) is 3.97. The van der Waals surface area contributed by atoms with Crippen LogP contribution in [0, 0.1) is 11.6 Å². The van der Waals surface area contributed by atoms with Crippen molar-refractivity contribution in [1.29, 1.82) is 0 Å². The van der Waals surface area contributed by atoms with Gasteiger partial charge in [0, 0.05) is 46.3 Å². The number of hydrogen-bond acceptors (Lipinski definition) is 5. The molecule has 0 aliphatic rings. The highest BCUT2D eigenvalue weighted by molar-refractivity contribution is 6.01. The van der Waals surface area contributed by atoms with E-state index >= 15 is 0 Å². The van der Waals surface area contributed by atoms with Gasteiger partial charge in [0.05, 0.1) is 27.6 Å². The van der Waals surface area contributed by atoms with Gasteiger partial charge in [0.15, 0.2) is 0 Å². The fourth-order valence-corrected chi connectivity index (χ4v) is 3.97. The van der Waals surface area contributed by atoms with E-state index in [1.165, 1.54) is 19.3 Å². The first-order valence-corrected chi connectivity index (χ1v) is 11.1. The lowest BCUT2D eigenvalue weighted by Crippen LogP contribution is -2.22. The van der Waals surface area contributed by atoms with Gasteiger partial charge in [-0.25, -0.2) is 8.78 Å². The number of allylic oxidation sites excluding steroid dienone is 1. The lowest BCUT2D eigenvalue weighted by atomic mass is 9.98. The summed E-state index contributed by atoms with van der Waals surface area (Å²) in [4.78, 5) is 12.6. The van der Waals surface area contributed by atoms with E-state index in [4.69, 9.17) is 18.6 Å². The molecule has 3 aromatic carbocycles. The number of ether oxygens (including phenoxy) is 3. The van der Waals surface area contributed by atoms with Crippen LogP contribution in [0.1, 0.15) is 18.1 Å². The molecule has 1 aromatic heterocycles. The number of nitrogens with one attached hydrogen (secondary N) is 1. The lowest BCUT2D eigenvalue weighted by Gasteiger charge is -2.12. The normalized spacial score (nSPS) is 11.4. The minimum absolute atomic E-state index is 0.203. The number of fused-ring (bicyclic) bond motifs is 1. The largest absolute Gasteiger partial charge is 0.497 e. The molecule has 0 aliphatic heterocycles.